The fourth-order valence-electron chi connectivity index (χ4n) is 2.55. The lowest BCUT2D eigenvalue weighted by molar-refractivity contribution is 0.302. The number of nitrogens with zero attached hydrogens (tertiary/aromatic N) is 1. The molecule has 2 nitrogen and oxygen atoms in total. The largest absolute Gasteiger partial charge is 0.310 e. The van der Waals surface area contributed by atoms with Gasteiger partial charge in [0.25, 0.3) is 0 Å². The van der Waals surface area contributed by atoms with E-state index < -0.39 is 0 Å². The smallest absolute Gasteiger partial charge is 0.0332 e. The number of hydrogen-bond acceptors (Lipinski definition) is 3. The highest BCUT2D eigenvalue weighted by molar-refractivity contribution is 7.07. The molecule has 0 aliphatic carbocycles. The van der Waals surface area contributed by atoms with E-state index in [0.717, 1.165) is 26.1 Å². The van der Waals surface area contributed by atoms with Gasteiger partial charge in [-0.15, -0.1) is 0 Å². The molecule has 1 aromatic heterocycles. The highest BCUT2D eigenvalue weighted by Crippen LogP contribution is 2.18. The van der Waals surface area contributed by atoms with Crippen LogP contribution >= 0.6 is 11.3 Å². The van der Waals surface area contributed by atoms with Crippen molar-refractivity contribution < 1.29 is 0 Å². The minimum absolute atomic E-state index is 0.445. The molecule has 2 aromatic rings. The molecule has 0 amide bonds. The summed E-state index contributed by atoms with van der Waals surface area (Å²) in [6.45, 7) is 7.46. The fraction of sp³-hybridized carbons (Fsp3) is 0.444. The Morgan fingerprint density at radius 3 is 2.57 bits per heavy atom. The van der Waals surface area contributed by atoms with Gasteiger partial charge in [-0.2, -0.15) is 11.3 Å². The molecule has 0 aliphatic rings. The summed E-state index contributed by atoms with van der Waals surface area (Å²) in [5.74, 6) is 0. The van der Waals surface area contributed by atoms with Gasteiger partial charge in [0.2, 0.25) is 0 Å². The van der Waals surface area contributed by atoms with Gasteiger partial charge in [-0.1, -0.05) is 36.8 Å². The van der Waals surface area contributed by atoms with Gasteiger partial charge in [-0.25, -0.2) is 0 Å². The highest BCUT2D eigenvalue weighted by atomic mass is 32.1. The lowest BCUT2D eigenvalue weighted by Gasteiger charge is -2.22. The predicted molar refractivity (Wildman–Crippen MR) is 92.9 cm³/mol. The van der Waals surface area contributed by atoms with Gasteiger partial charge < -0.3 is 10.2 Å². The summed E-state index contributed by atoms with van der Waals surface area (Å²) >= 11 is 1.77. The molecule has 1 atom stereocenters. The Bertz CT molecular complexity index is 505. The van der Waals surface area contributed by atoms with Gasteiger partial charge in [0.05, 0.1) is 0 Å². The zero-order valence-electron chi connectivity index (χ0n) is 13.3. The van der Waals surface area contributed by atoms with Crippen molar-refractivity contribution in [3.63, 3.8) is 0 Å². The lowest BCUT2D eigenvalue weighted by Crippen LogP contribution is -2.27. The molecule has 0 saturated heterocycles. The number of aryl methyl sites for hydroxylation is 1. The van der Waals surface area contributed by atoms with Gasteiger partial charge in [0.15, 0.2) is 0 Å². The standard InChI is InChI=1S/C18H26N2S/c1-4-19-18(17-7-5-15(2)6-8-17)9-11-20(3)13-16-10-12-21-14-16/h5-8,10,12,14,18-19H,4,9,11,13H2,1-3H3. The van der Waals surface area contributed by atoms with E-state index in [1.807, 2.05) is 0 Å². The summed E-state index contributed by atoms with van der Waals surface area (Å²) in [6, 6.07) is 11.6. The zero-order valence-corrected chi connectivity index (χ0v) is 14.1. The first-order valence-corrected chi connectivity index (χ1v) is 8.63. The quantitative estimate of drug-likeness (QED) is 0.785. The third-order valence-corrected chi connectivity index (χ3v) is 4.49. The van der Waals surface area contributed by atoms with Crippen molar-refractivity contribution >= 4 is 11.3 Å². The van der Waals surface area contributed by atoms with Crippen molar-refractivity contribution in [2.75, 3.05) is 20.1 Å². The van der Waals surface area contributed by atoms with Crippen LogP contribution < -0.4 is 5.32 Å². The molecule has 0 bridgehead atoms. The lowest BCUT2D eigenvalue weighted by atomic mass is 10.0. The molecular weight excluding hydrogens is 276 g/mol. The van der Waals surface area contributed by atoms with E-state index >= 15 is 0 Å². The Morgan fingerprint density at radius 1 is 1.19 bits per heavy atom. The molecule has 0 radical (unpaired) electrons. The number of benzene rings is 1. The summed E-state index contributed by atoms with van der Waals surface area (Å²) in [5, 5.41) is 7.99. The van der Waals surface area contributed by atoms with Crippen molar-refractivity contribution in [3.8, 4) is 0 Å². The first-order chi connectivity index (χ1) is 10.2. The summed E-state index contributed by atoms with van der Waals surface area (Å²) in [6.07, 6.45) is 1.14. The van der Waals surface area contributed by atoms with E-state index in [0.29, 0.717) is 6.04 Å². The molecule has 1 heterocycles. The Morgan fingerprint density at radius 2 is 1.95 bits per heavy atom. The summed E-state index contributed by atoms with van der Waals surface area (Å²) in [5.41, 5.74) is 4.13. The topological polar surface area (TPSA) is 15.3 Å². The van der Waals surface area contributed by atoms with Crippen LogP contribution in [-0.2, 0) is 6.54 Å². The summed E-state index contributed by atoms with van der Waals surface area (Å²) < 4.78 is 0. The average Bonchev–Trinajstić information content (AvgIpc) is 2.97. The van der Waals surface area contributed by atoms with E-state index in [1.165, 1.54) is 16.7 Å². The number of nitrogens with one attached hydrogen (secondary N) is 1. The maximum atomic E-state index is 3.61. The van der Waals surface area contributed by atoms with Crippen molar-refractivity contribution in [3.05, 3.63) is 57.8 Å². The Hall–Kier alpha value is -1.16. The van der Waals surface area contributed by atoms with Crippen molar-refractivity contribution in [1.82, 2.24) is 10.2 Å². The third-order valence-electron chi connectivity index (χ3n) is 3.76. The number of hydrogen-bond donors (Lipinski definition) is 1. The van der Waals surface area contributed by atoms with Crippen LogP contribution in [0.2, 0.25) is 0 Å². The second-order valence-corrected chi connectivity index (χ2v) is 6.46. The Kier molecular flexibility index (Phi) is 6.43. The van der Waals surface area contributed by atoms with Gasteiger partial charge >= 0.3 is 0 Å². The molecule has 0 fully saturated rings. The SMILES string of the molecule is CCNC(CCN(C)Cc1ccsc1)c1ccc(C)cc1. The maximum Gasteiger partial charge on any atom is 0.0332 e. The first kappa shape index (κ1) is 16.2. The van der Waals surface area contributed by atoms with Crippen molar-refractivity contribution in [1.29, 1.82) is 0 Å². The third kappa shape index (κ3) is 5.27. The molecule has 1 aromatic carbocycles. The average molecular weight is 302 g/mol. The number of thiophene rings is 1. The Labute approximate surface area is 132 Å². The minimum atomic E-state index is 0.445. The molecule has 1 unspecified atom stereocenters. The predicted octanol–water partition coefficient (Wildman–Crippen LogP) is 4.23. The summed E-state index contributed by atoms with van der Waals surface area (Å²) in [7, 11) is 2.20. The fourth-order valence-corrected chi connectivity index (χ4v) is 3.21. The Balaban J connectivity index is 1.88. The van der Waals surface area contributed by atoms with E-state index in [9.17, 15) is 0 Å². The molecule has 2 rings (SSSR count). The van der Waals surface area contributed by atoms with E-state index in [2.05, 4.69) is 72.2 Å². The van der Waals surface area contributed by atoms with E-state index in [-0.39, 0.29) is 0 Å². The van der Waals surface area contributed by atoms with Crippen LogP contribution in [-0.4, -0.2) is 25.0 Å². The van der Waals surface area contributed by atoms with Crippen LogP contribution in [0.15, 0.2) is 41.1 Å². The van der Waals surface area contributed by atoms with Crippen molar-refractivity contribution in [2.24, 2.45) is 0 Å². The van der Waals surface area contributed by atoms with Gasteiger partial charge in [-0.05, 0) is 61.4 Å². The van der Waals surface area contributed by atoms with E-state index in [1.54, 1.807) is 11.3 Å². The monoisotopic (exact) mass is 302 g/mol. The second-order valence-electron chi connectivity index (χ2n) is 5.68. The second kappa shape index (κ2) is 8.32. The molecule has 0 spiro atoms. The van der Waals surface area contributed by atoms with Gasteiger partial charge in [-0.3, -0.25) is 0 Å². The van der Waals surface area contributed by atoms with Crippen LogP contribution in [0.5, 0.6) is 0 Å². The highest BCUT2D eigenvalue weighted by Gasteiger charge is 2.11. The molecule has 114 valence electrons. The summed E-state index contributed by atoms with van der Waals surface area (Å²) in [4.78, 5) is 2.40. The molecule has 0 aliphatic heterocycles. The van der Waals surface area contributed by atoms with Crippen molar-refractivity contribution in [2.45, 2.75) is 32.9 Å². The van der Waals surface area contributed by atoms with E-state index in [4.69, 9.17) is 0 Å². The van der Waals surface area contributed by atoms with Gasteiger partial charge in [0.1, 0.15) is 0 Å². The van der Waals surface area contributed by atoms with Gasteiger partial charge in [0, 0.05) is 12.6 Å². The first-order valence-electron chi connectivity index (χ1n) is 7.68. The normalized spacial score (nSPS) is 12.8. The van der Waals surface area contributed by atoms with Crippen LogP contribution in [0.3, 0.4) is 0 Å². The maximum absolute atomic E-state index is 3.61. The molecule has 21 heavy (non-hydrogen) atoms. The van der Waals surface area contributed by atoms with Crippen LogP contribution in [0.1, 0.15) is 36.1 Å². The zero-order chi connectivity index (χ0) is 15.1. The van der Waals surface area contributed by atoms with Crippen LogP contribution in [0.25, 0.3) is 0 Å². The molecular formula is C18H26N2S. The molecule has 0 saturated carbocycles. The molecule has 3 heteroatoms. The molecule has 1 N–H and O–H groups in total. The minimum Gasteiger partial charge on any atom is -0.310 e. The van der Waals surface area contributed by atoms with Crippen LogP contribution in [0, 0.1) is 6.92 Å². The number of rotatable bonds is 8. The van der Waals surface area contributed by atoms with Crippen LogP contribution in [0.4, 0.5) is 0 Å².